The van der Waals surface area contributed by atoms with Crippen molar-refractivity contribution in [1.29, 1.82) is 0 Å². The minimum atomic E-state index is -0.456. The van der Waals surface area contributed by atoms with Gasteiger partial charge in [0.1, 0.15) is 11.2 Å². The molecule has 0 aromatic heterocycles. The van der Waals surface area contributed by atoms with Gasteiger partial charge >= 0.3 is 5.97 Å². The first kappa shape index (κ1) is 11.8. The van der Waals surface area contributed by atoms with Gasteiger partial charge in [-0.05, 0) is 38.2 Å². The molecule has 1 saturated carbocycles. The van der Waals surface area contributed by atoms with E-state index in [4.69, 9.17) is 4.74 Å². The van der Waals surface area contributed by atoms with Gasteiger partial charge in [0.25, 0.3) is 0 Å². The zero-order valence-corrected chi connectivity index (χ0v) is 10.9. The van der Waals surface area contributed by atoms with Crippen LogP contribution in [0.1, 0.15) is 39.0 Å². The molecular weight excluding hydrogens is 272 g/mol. The zero-order valence-electron chi connectivity index (χ0n) is 9.35. The first-order chi connectivity index (χ1) is 7.60. The molecule has 16 heavy (non-hydrogen) atoms. The third-order valence-electron chi connectivity index (χ3n) is 3.61. The van der Waals surface area contributed by atoms with Crippen molar-refractivity contribution < 1.29 is 14.3 Å². The number of hydrogen-bond donors (Lipinski definition) is 0. The predicted octanol–water partition coefficient (Wildman–Crippen LogP) is 2.53. The molecule has 1 aliphatic carbocycles. The summed E-state index contributed by atoms with van der Waals surface area (Å²) in [6.45, 7) is 1.87. The maximum atomic E-state index is 11.7. The van der Waals surface area contributed by atoms with Crippen LogP contribution in [0, 0.1) is 0 Å². The van der Waals surface area contributed by atoms with Crippen LogP contribution in [-0.4, -0.2) is 22.7 Å². The van der Waals surface area contributed by atoms with E-state index >= 15 is 0 Å². The molecule has 0 aromatic rings. The number of halogens is 1. The van der Waals surface area contributed by atoms with Crippen LogP contribution >= 0.6 is 15.9 Å². The van der Waals surface area contributed by atoms with Crippen molar-refractivity contribution >= 4 is 27.7 Å². The topological polar surface area (TPSA) is 43.4 Å². The number of ether oxygens (including phenoxy) is 1. The lowest BCUT2D eigenvalue weighted by molar-refractivity contribution is -0.149. The smallest absolute Gasteiger partial charge is 0.342 e. The summed E-state index contributed by atoms with van der Waals surface area (Å²) in [6, 6.07) is 0. The van der Waals surface area contributed by atoms with E-state index in [0.29, 0.717) is 0 Å². The third kappa shape index (κ3) is 1.73. The fourth-order valence-corrected chi connectivity index (χ4v) is 2.96. The van der Waals surface area contributed by atoms with Crippen LogP contribution in [0.2, 0.25) is 0 Å². The Morgan fingerprint density at radius 2 is 2.00 bits per heavy atom. The van der Waals surface area contributed by atoms with Crippen LogP contribution in [0.4, 0.5) is 0 Å². The fraction of sp³-hybridized carbons (Fsp3) is 0.667. The molecule has 88 valence electrons. The van der Waals surface area contributed by atoms with E-state index in [0.717, 1.165) is 31.3 Å². The van der Waals surface area contributed by atoms with Gasteiger partial charge in [-0.2, -0.15) is 0 Å². The fourth-order valence-electron chi connectivity index (χ4n) is 2.68. The van der Waals surface area contributed by atoms with Crippen molar-refractivity contribution in [3.05, 3.63) is 11.1 Å². The Kier molecular flexibility index (Phi) is 3.19. The van der Waals surface area contributed by atoms with Crippen LogP contribution in [0.5, 0.6) is 0 Å². The number of Topliss-reactive ketones (excluding diaryl/α,β-unsaturated/α-hetero) is 1. The average Bonchev–Trinajstić information content (AvgIpc) is 2.51. The van der Waals surface area contributed by atoms with Gasteiger partial charge in [0, 0.05) is 0 Å². The first-order valence-corrected chi connectivity index (χ1v) is 6.77. The highest BCUT2D eigenvalue weighted by Gasteiger charge is 2.47. The van der Waals surface area contributed by atoms with Crippen LogP contribution in [0.25, 0.3) is 0 Å². The second-order valence-corrected chi connectivity index (χ2v) is 5.06. The number of carbonyl (C=O) groups excluding carboxylic acids is 2. The Morgan fingerprint density at radius 1 is 1.38 bits per heavy atom. The maximum absolute atomic E-state index is 11.7. The molecule has 4 heteroatoms. The molecule has 3 nitrogen and oxygen atoms in total. The Labute approximate surface area is 103 Å². The van der Waals surface area contributed by atoms with Crippen molar-refractivity contribution in [1.82, 2.24) is 0 Å². The molecule has 1 aliphatic heterocycles. The largest absolute Gasteiger partial charge is 0.451 e. The monoisotopic (exact) mass is 286 g/mol. The Bertz CT molecular complexity index is 364. The molecule has 0 unspecified atom stereocenters. The van der Waals surface area contributed by atoms with Gasteiger partial charge in [0.2, 0.25) is 0 Å². The van der Waals surface area contributed by atoms with E-state index in [1.807, 2.05) is 6.92 Å². The van der Waals surface area contributed by atoms with Crippen molar-refractivity contribution in [2.24, 2.45) is 0 Å². The lowest BCUT2D eigenvalue weighted by Gasteiger charge is -2.33. The quantitative estimate of drug-likeness (QED) is 0.445. The van der Waals surface area contributed by atoms with Gasteiger partial charge in [0.15, 0.2) is 5.78 Å². The number of alkyl halides is 1. The average molecular weight is 287 g/mol. The van der Waals surface area contributed by atoms with E-state index in [9.17, 15) is 9.59 Å². The van der Waals surface area contributed by atoms with Crippen molar-refractivity contribution in [3.63, 3.8) is 0 Å². The molecule has 1 heterocycles. The van der Waals surface area contributed by atoms with Gasteiger partial charge in [0.05, 0.1) is 5.33 Å². The standard InChI is InChI=1S/C12H15BrO3/c1-8-10(9(14)7-13)11(15)16-12(8)5-3-2-4-6-12/h2-7H2,1H3. The molecule has 0 amide bonds. The van der Waals surface area contributed by atoms with Crippen LogP contribution in [-0.2, 0) is 14.3 Å². The van der Waals surface area contributed by atoms with Crippen molar-refractivity contribution in [2.75, 3.05) is 5.33 Å². The molecule has 2 aliphatic rings. The van der Waals surface area contributed by atoms with Crippen molar-refractivity contribution in [2.45, 2.75) is 44.6 Å². The molecular formula is C12H15BrO3. The molecule has 0 aromatic carbocycles. The minimum absolute atomic E-state index is 0.162. The number of ketones is 1. The summed E-state index contributed by atoms with van der Waals surface area (Å²) in [6.07, 6.45) is 5.06. The summed E-state index contributed by atoms with van der Waals surface area (Å²) >= 11 is 3.10. The highest BCUT2D eigenvalue weighted by atomic mass is 79.9. The summed E-state index contributed by atoms with van der Waals surface area (Å²) in [4.78, 5) is 23.4. The van der Waals surface area contributed by atoms with Gasteiger partial charge in [-0.3, -0.25) is 4.79 Å². The van der Waals surface area contributed by atoms with E-state index in [2.05, 4.69) is 15.9 Å². The second kappa shape index (κ2) is 4.32. The predicted molar refractivity (Wildman–Crippen MR) is 63.4 cm³/mol. The van der Waals surface area contributed by atoms with Gasteiger partial charge in [-0.25, -0.2) is 4.79 Å². The molecule has 2 rings (SSSR count). The maximum Gasteiger partial charge on any atom is 0.342 e. The Morgan fingerprint density at radius 3 is 2.56 bits per heavy atom. The molecule has 0 bridgehead atoms. The highest BCUT2D eigenvalue weighted by Crippen LogP contribution is 2.43. The lowest BCUT2D eigenvalue weighted by atomic mass is 9.79. The van der Waals surface area contributed by atoms with Gasteiger partial charge < -0.3 is 4.74 Å². The van der Waals surface area contributed by atoms with Crippen LogP contribution in [0.3, 0.4) is 0 Å². The van der Waals surface area contributed by atoms with E-state index in [1.165, 1.54) is 6.42 Å². The van der Waals surface area contributed by atoms with Gasteiger partial charge in [-0.1, -0.05) is 22.4 Å². The molecule has 0 N–H and O–H groups in total. The Balaban J connectivity index is 2.35. The number of carbonyl (C=O) groups is 2. The molecule has 1 spiro atoms. The van der Waals surface area contributed by atoms with Crippen molar-refractivity contribution in [3.8, 4) is 0 Å². The Hall–Kier alpha value is -0.640. The zero-order chi connectivity index (χ0) is 11.8. The summed E-state index contributed by atoms with van der Waals surface area (Å²) in [5, 5.41) is 0.185. The normalized spacial score (nSPS) is 23.8. The summed E-state index contributed by atoms with van der Waals surface area (Å²) in [5.41, 5.74) is 0.670. The number of hydrogen-bond acceptors (Lipinski definition) is 3. The van der Waals surface area contributed by atoms with Crippen LogP contribution < -0.4 is 0 Å². The summed E-state index contributed by atoms with van der Waals surface area (Å²) in [5.74, 6) is -0.589. The molecule has 0 atom stereocenters. The number of rotatable bonds is 2. The molecule has 0 saturated heterocycles. The SMILES string of the molecule is CC1=C(C(=O)CBr)C(=O)OC12CCCCC2. The first-order valence-electron chi connectivity index (χ1n) is 5.64. The summed E-state index contributed by atoms with van der Waals surface area (Å²) < 4.78 is 5.48. The van der Waals surface area contributed by atoms with Gasteiger partial charge in [-0.15, -0.1) is 0 Å². The lowest BCUT2D eigenvalue weighted by Crippen LogP contribution is -2.33. The van der Waals surface area contributed by atoms with E-state index in [-0.39, 0.29) is 16.7 Å². The van der Waals surface area contributed by atoms with E-state index < -0.39 is 11.6 Å². The number of esters is 1. The minimum Gasteiger partial charge on any atom is -0.451 e. The summed E-state index contributed by atoms with van der Waals surface area (Å²) in [7, 11) is 0. The highest BCUT2D eigenvalue weighted by molar-refractivity contribution is 9.09. The molecule has 1 fully saturated rings. The second-order valence-electron chi connectivity index (χ2n) is 4.50. The molecule has 0 radical (unpaired) electrons. The van der Waals surface area contributed by atoms with Crippen LogP contribution in [0.15, 0.2) is 11.1 Å². The van der Waals surface area contributed by atoms with E-state index in [1.54, 1.807) is 0 Å². The third-order valence-corrected chi connectivity index (χ3v) is 4.12.